The molecule has 0 aromatic heterocycles. The van der Waals surface area contributed by atoms with Crippen LogP contribution in [0, 0.1) is 0 Å². The number of hydrogen-bond donors (Lipinski definition) is 1. The van der Waals surface area contributed by atoms with Crippen LogP contribution < -0.4 is 4.98 Å². The van der Waals surface area contributed by atoms with Crippen LogP contribution >= 0.6 is 0 Å². The third-order valence-electron chi connectivity index (χ3n) is 2.54. The van der Waals surface area contributed by atoms with Crippen LogP contribution in [0.1, 0.15) is 53.4 Å². The second-order valence-electron chi connectivity index (χ2n) is 4.00. The predicted octanol–water partition coefficient (Wildman–Crippen LogP) is 3.19. The summed E-state index contributed by atoms with van der Waals surface area (Å²) in [6.45, 7) is 11.0. The fourth-order valence-corrected chi connectivity index (χ4v) is 4.77. The van der Waals surface area contributed by atoms with Crippen molar-refractivity contribution in [1.29, 1.82) is 0 Å². The fraction of sp³-hybridized carbons (Fsp3) is 1.00. The van der Waals surface area contributed by atoms with Gasteiger partial charge in [0.15, 0.2) is 0 Å². The Morgan fingerprint density at radius 1 is 0.875 bits per heavy atom. The van der Waals surface area contributed by atoms with Gasteiger partial charge in [-0.2, -0.15) is 0 Å². The molecule has 0 spiro atoms. The van der Waals surface area contributed by atoms with E-state index in [0.29, 0.717) is 0 Å². The number of hydrogen-bond acceptors (Lipinski definition) is 3. The Balaban J connectivity index is 4.24. The first-order chi connectivity index (χ1) is 7.74. The normalized spacial score (nSPS) is 12.0. The van der Waals surface area contributed by atoms with Crippen LogP contribution in [0.4, 0.5) is 0 Å². The molecule has 0 aliphatic heterocycles. The highest BCUT2D eigenvalue weighted by atomic mass is 28.4. The summed E-state index contributed by atoms with van der Waals surface area (Å²) < 4.78 is 11.8. The highest BCUT2D eigenvalue weighted by molar-refractivity contribution is 6.64. The number of rotatable bonds is 11. The summed E-state index contributed by atoms with van der Waals surface area (Å²) in [6.07, 6.45) is 4.79. The molecular weight excluding hydrogens is 218 g/mol. The summed E-state index contributed by atoms with van der Waals surface area (Å²) in [7, 11) is -2.10. The third-order valence-corrected chi connectivity index (χ3v) is 5.85. The van der Waals surface area contributed by atoms with Gasteiger partial charge in [0.2, 0.25) is 0 Å². The lowest BCUT2D eigenvalue weighted by atomic mass is 10.3. The minimum atomic E-state index is -2.10. The van der Waals surface area contributed by atoms with Crippen molar-refractivity contribution in [2.45, 2.75) is 59.4 Å². The van der Waals surface area contributed by atoms with E-state index in [1.807, 2.05) is 13.8 Å². The van der Waals surface area contributed by atoms with Crippen LogP contribution in [0.25, 0.3) is 0 Å². The van der Waals surface area contributed by atoms with E-state index in [9.17, 15) is 0 Å². The molecule has 0 aromatic rings. The summed E-state index contributed by atoms with van der Waals surface area (Å²) in [5.74, 6) is 0. The van der Waals surface area contributed by atoms with E-state index in [1.165, 1.54) is 25.7 Å². The van der Waals surface area contributed by atoms with E-state index < -0.39 is 8.72 Å². The molecule has 0 unspecified atom stereocenters. The van der Waals surface area contributed by atoms with Crippen LogP contribution in [-0.2, 0) is 8.85 Å². The molecule has 0 aliphatic rings. The second-order valence-corrected chi connectivity index (χ2v) is 6.94. The first-order valence-corrected chi connectivity index (χ1v) is 8.79. The molecular formula is C12H29NO2Si. The zero-order valence-electron chi connectivity index (χ0n) is 11.5. The summed E-state index contributed by atoms with van der Waals surface area (Å²) in [5, 5.41) is 0. The Morgan fingerprint density at radius 2 is 1.44 bits per heavy atom. The van der Waals surface area contributed by atoms with Gasteiger partial charge >= 0.3 is 8.72 Å². The second kappa shape index (κ2) is 10.3. The molecule has 1 N–H and O–H groups in total. The van der Waals surface area contributed by atoms with Gasteiger partial charge in [-0.05, 0) is 26.8 Å². The van der Waals surface area contributed by atoms with Gasteiger partial charge in [-0.15, -0.1) is 0 Å². The summed E-state index contributed by atoms with van der Waals surface area (Å²) in [4.78, 5) is 3.57. The van der Waals surface area contributed by atoms with Crippen LogP contribution in [0.15, 0.2) is 0 Å². The van der Waals surface area contributed by atoms with Gasteiger partial charge < -0.3 is 8.85 Å². The van der Waals surface area contributed by atoms with E-state index in [1.54, 1.807) is 0 Å². The van der Waals surface area contributed by atoms with Crippen LogP contribution in [0.2, 0.25) is 6.04 Å². The molecule has 0 amide bonds. The van der Waals surface area contributed by atoms with Gasteiger partial charge in [-0.3, -0.25) is 4.98 Å². The van der Waals surface area contributed by atoms with Crippen molar-refractivity contribution in [3.8, 4) is 0 Å². The lowest BCUT2D eigenvalue weighted by molar-refractivity contribution is 0.170. The highest BCUT2D eigenvalue weighted by Crippen LogP contribution is 2.14. The SMILES string of the molecule is CCCCN[Si](CCCC)(OCC)OCC. The van der Waals surface area contributed by atoms with E-state index >= 15 is 0 Å². The smallest absolute Gasteiger partial charge is 0.383 e. The zero-order chi connectivity index (χ0) is 12.3. The Kier molecular flexibility index (Phi) is 10.3. The van der Waals surface area contributed by atoms with Gasteiger partial charge in [-0.1, -0.05) is 33.1 Å². The van der Waals surface area contributed by atoms with E-state index in [-0.39, 0.29) is 0 Å². The standard InChI is InChI=1S/C12H29NO2Si/c1-5-9-11-13-16(14-7-3,15-8-4)12-10-6-2/h13H,5-12H2,1-4H3. The predicted molar refractivity (Wildman–Crippen MR) is 71.6 cm³/mol. The number of unbranched alkanes of at least 4 members (excludes halogenated alkanes) is 2. The average molecular weight is 247 g/mol. The first kappa shape index (κ1) is 16.1. The molecule has 98 valence electrons. The minimum Gasteiger partial charge on any atom is -0.383 e. The Morgan fingerprint density at radius 3 is 1.88 bits per heavy atom. The van der Waals surface area contributed by atoms with Crippen molar-refractivity contribution in [3.05, 3.63) is 0 Å². The van der Waals surface area contributed by atoms with Crippen molar-refractivity contribution in [3.63, 3.8) is 0 Å². The molecule has 0 aromatic carbocycles. The third kappa shape index (κ3) is 6.63. The summed E-state index contributed by atoms with van der Waals surface area (Å²) >= 11 is 0. The van der Waals surface area contributed by atoms with Crippen LogP contribution in [0.3, 0.4) is 0 Å². The van der Waals surface area contributed by atoms with Gasteiger partial charge in [0.25, 0.3) is 0 Å². The van der Waals surface area contributed by atoms with Crippen LogP contribution in [-0.4, -0.2) is 28.5 Å². The minimum absolute atomic E-state index is 0.745. The molecule has 0 rings (SSSR count). The molecule has 0 bridgehead atoms. The van der Waals surface area contributed by atoms with Crippen molar-refractivity contribution < 1.29 is 8.85 Å². The Bertz CT molecular complexity index is 150. The van der Waals surface area contributed by atoms with Gasteiger partial charge in [-0.25, -0.2) is 0 Å². The monoisotopic (exact) mass is 247 g/mol. The lowest BCUT2D eigenvalue weighted by Crippen LogP contribution is -2.56. The van der Waals surface area contributed by atoms with Gasteiger partial charge in [0.05, 0.1) is 0 Å². The van der Waals surface area contributed by atoms with Crippen molar-refractivity contribution in [1.82, 2.24) is 4.98 Å². The quantitative estimate of drug-likeness (QED) is 0.449. The van der Waals surface area contributed by atoms with E-state index in [4.69, 9.17) is 8.85 Å². The zero-order valence-corrected chi connectivity index (χ0v) is 12.5. The molecule has 0 saturated carbocycles. The van der Waals surface area contributed by atoms with Gasteiger partial charge in [0.1, 0.15) is 0 Å². The maximum atomic E-state index is 5.92. The largest absolute Gasteiger partial charge is 0.425 e. The molecule has 0 radical (unpaired) electrons. The molecule has 0 aliphatic carbocycles. The molecule has 0 heterocycles. The molecule has 4 heteroatoms. The maximum Gasteiger partial charge on any atom is 0.425 e. The maximum absolute atomic E-state index is 5.92. The molecule has 0 fully saturated rings. The molecule has 16 heavy (non-hydrogen) atoms. The van der Waals surface area contributed by atoms with Gasteiger partial charge in [0, 0.05) is 19.3 Å². The highest BCUT2D eigenvalue weighted by Gasteiger charge is 2.36. The Hall–Kier alpha value is 0.0969. The molecule has 0 atom stereocenters. The fourth-order valence-electron chi connectivity index (χ4n) is 1.71. The average Bonchev–Trinajstić information content (AvgIpc) is 2.27. The first-order valence-electron chi connectivity index (χ1n) is 6.77. The van der Waals surface area contributed by atoms with E-state index in [0.717, 1.165) is 25.8 Å². The van der Waals surface area contributed by atoms with Crippen LogP contribution in [0.5, 0.6) is 0 Å². The lowest BCUT2D eigenvalue weighted by Gasteiger charge is -2.30. The Labute approximate surface area is 102 Å². The summed E-state index contributed by atoms with van der Waals surface area (Å²) in [6, 6.07) is 1.06. The van der Waals surface area contributed by atoms with Crippen molar-refractivity contribution >= 4 is 8.72 Å². The van der Waals surface area contributed by atoms with Crippen molar-refractivity contribution in [2.75, 3.05) is 19.8 Å². The van der Waals surface area contributed by atoms with Crippen molar-refractivity contribution in [2.24, 2.45) is 0 Å². The molecule has 0 saturated heterocycles. The molecule has 3 nitrogen and oxygen atoms in total. The van der Waals surface area contributed by atoms with E-state index in [2.05, 4.69) is 18.8 Å². The topological polar surface area (TPSA) is 30.5 Å². The number of nitrogens with one attached hydrogen (secondary N) is 1. The summed E-state index contributed by atoms with van der Waals surface area (Å²) in [5.41, 5.74) is 0.